The Balaban J connectivity index is 1.38. The third-order valence-electron chi connectivity index (χ3n) is 8.99. The molecule has 0 spiro atoms. The smallest absolute Gasteiger partial charge is 0.308 e. The predicted octanol–water partition coefficient (Wildman–Crippen LogP) is 5.82. The molecule has 7 nitrogen and oxygen atoms in total. The minimum absolute atomic E-state index is 0.0228. The van der Waals surface area contributed by atoms with Gasteiger partial charge in [0, 0.05) is 25.8 Å². The van der Waals surface area contributed by atoms with E-state index in [9.17, 15) is 18.0 Å². The summed E-state index contributed by atoms with van der Waals surface area (Å²) in [5.74, 6) is 1.87. The van der Waals surface area contributed by atoms with Crippen LogP contribution in [0.1, 0.15) is 68.6 Å². The molecule has 0 aromatic heterocycles. The van der Waals surface area contributed by atoms with E-state index in [0.717, 1.165) is 48.6 Å². The molecule has 4 fully saturated rings. The van der Waals surface area contributed by atoms with Crippen LogP contribution in [0, 0.1) is 23.7 Å². The first-order chi connectivity index (χ1) is 19.7. The highest BCUT2D eigenvalue weighted by molar-refractivity contribution is 7.89. The summed E-state index contributed by atoms with van der Waals surface area (Å²) in [6.45, 7) is 2.69. The zero-order chi connectivity index (χ0) is 28.7. The first-order valence-corrected chi connectivity index (χ1v) is 15.8. The molecule has 1 N–H and O–H groups in total. The van der Waals surface area contributed by atoms with Gasteiger partial charge in [-0.15, -0.1) is 0 Å². The molecule has 4 saturated carbocycles. The Labute approximate surface area is 241 Å². The van der Waals surface area contributed by atoms with Crippen LogP contribution in [0.25, 0.3) is 0 Å². The van der Waals surface area contributed by atoms with Crippen LogP contribution in [0.5, 0.6) is 11.5 Å². The fourth-order valence-corrected chi connectivity index (χ4v) is 9.29. The van der Waals surface area contributed by atoms with E-state index < -0.39 is 27.9 Å². The number of hydrogen-bond acceptors (Lipinski definition) is 6. The third-order valence-corrected chi connectivity index (χ3v) is 10.5. The van der Waals surface area contributed by atoms with Gasteiger partial charge in [-0.1, -0.05) is 42.5 Å². The van der Waals surface area contributed by atoms with Gasteiger partial charge in [-0.25, -0.2) is 13.1 Å². The summed E-state index contributed by atoms with van der Waals surface area (Å²) >= 11 is 0. The number of carbonyl (C=O) groups is 2. The van der Waals surface area contributed by atoms with Crippen molar-refractivity contribution in [2.75, 3.05) is 0 Å². The van der Waals surface area contributed by atoms with E-state index in [-0.39, 0.29) is 10.9 Å². The monoisotopic (exact) mass is 573 g/mol. The van der Waals surface area contributed by atoms with Gasteiger partial charge in [-0.3, -0.25) is 9.59 Å². The molecule has 0 radical (unpaired) electrons. The molecule has 4 aliphatic carbocycles. The number of hydrogen-bond donors (Lipinski definition) is 1. The van der Waals surface area contributed by atoms with Gasteiger partial charge >= 0.3 is 11.9 Å². The van der Waals surface area contributed by atoms with Crippen molar-refractivity contribution in [3.63, 3.8) is 0 Å². The number of carbonyl (C=O) groups excluding carboxylic acids is 2. The summed E-state index contributed by atoms with van der Waals surface area (Å²) in [5.41, 5.74) is 2.31. The van der Waals surface area contributed by atoms with E-state index in [4.69, 9.17) is 9.47 Å². The number of nitrogens with one attached hydrogen (secondary N) is 1. The molecule has 0 amide bonds. The Kier molecular flexibility index (Phi) is 7.47. The molecular formula is C33H35NO6S. The van der Waals surface area contributed by atoms with Gasteiger partial charge in [-0.05, 0) is 103 Å². The van der Waals surface area contributed by atoms with Crippen molar-refractivity contribution in [1.29, 1.82) is 0 Å². The number of benzene rings is 3. The lowest BCUT2D eigenvalue weighted by Crippen LogP contribution is -2.55. The second-order valence-electron chi connectivity index (χ2n) is 11.9. The van der Waals surface area contributed by atoms with Gasteiger partial charge in [0.15, 0.2) is 0 Å². The summed E-state index contributed by atoms with van der Waals surface area (Å²) in [6.07, 6.45) is 5.78. The van der Waals surface area contributed by atoms with Gasteiger partial charge in [0.2, 0.25) is 10.0 Å². The van der Waals surface area contributed by atoms with Crippen molar-refractivity contribution in [3.05, 3.63) is 89.5 Å². The van der Waals surface area contributed by atoms with Crippen LogP contribution in [0.2, 0.25) is 0 Å². The number of sulfonamides is 1. The van der Waals surface area contributed by atoms with Crippen molar-refractivity contribution >= 4 is 22.0 Å². The number of ether oxygens (including phenoxy) is 2. The Morgan fingerprint density at radius 2 is 1.17 bits per heavy atom. The molecule has 8 heteroatoms. The van der Waals surface area contributed by atoms with E-state index in [1.807, 2.05) is 36.4 Å². The van der Waals surface area contributed by atoms with Crippen LogP contribution in [0.15, 0.2) is 77.7 Å². The fraction of sp³-hybridized carbons (Fsp3) is 0.394. The van der Waals surface area contributed by atoms with Crippen molar-refractivity contribution in [2.24, 2.45) is 23.7 Å². The molecule has 4 aliphatic rings. The Morgan fingerprint density at radius 1 is 0.707 bits per heavy atom. The lowest BCUT2D eigenvalue weighted by Gasteiger charge is -2.54. The summed E-state index contributed by atoms with van der Waals surface area (Å²) in [7, 11) is -3.83. The molecule has 4 bridgehead atoms. The predicted molar refractivity (Wildman–Crippen MR) is 154 cm³/mol. The Hall–Kier alpha value is -3.49. The fourth-order valence-electron chi connectivity index (χ4n) is 7.66. The van der Waals surface area contributed by atoms with E-state index in [2.05, 4.69) is 4.72 Å². The average molecular weight is 574 g/mol. The molecule has 3 aromatic carbocycles. The van der Waals surface area contributed by atoms with Crippen LogP contribution < -0.4 is 14.2 Å². The summed E-state index contributed by atoms with van der Waals surface area (Å²) < 4.78 is 41.9. The van der Waals surface area contributed by atoms with E-state index >= 15 is 0 Å². The van der Waals surface area contributed by atoms with Crippen molar-refractivity contribution in [3.8, 4) is 11.5 Å². The standard InChI is InChI=1S/C33H35NO6S/c1-20(35)39-28-11-7-24(8-12-28)32(25-9-13-29(14-10-25)40-21(2)36)30-5-3-4-6-31(30)41(37,38)34-33-26-16-22-15-23(18-26)19-27(33)17-22/h3-14,22-23,26-27,32-34H,15-19H2,1-2H3. The topological polar surface area (TPSA) is 98.8 Å². The minimum atomic E-state index is -3.83. The third kappa shape index (κ3) is 5.81. The van der Waals surface area contributed by atoms with E-state index in [0.29, 0.717) is 28.9 Å². The van der Waals surface area contributed by atoms with Crippen LogP contribution in [0.3, 0.4) is 0 Å². The van der Waals surface area contributed by atoms with Gasteiger partial charge in [0.25, 0.3) is 0 Å². The molecule has 0 atom stereocenters. The van der Waals surface area contributed by atoms with E-state index in [1.165, 1.54) is 20.3 Å². The van der Waals surface area contributed by atoms with Crippen molar-refractivity contribution in [1.82, 2.24) is 4.72 Å². The Morgan fingerprint density at radius 3 is 1.63 bits per heavy atom. The molecule has 0 saturated heterocycles. The van der Waals surface area contributed by atoms with Crippen LogP contribution in [0.4, 0.5) is 0 Å². The van der Waals surface area contributed by atoms with Crippen LogP contribution >= 0.6 is 0 Å². The van der Waals surface area contributed by atoms with Gasteiger partial charge in [0.1, 0.15) is 11.5 Å². The zero-order valence-corrected chi connectivity index (χ0v) is 24.1. The summed E-state index contributed by atoms with van der Waals surface area (Å²) in [4.78, 5) is 23.2. The van der Waals surface area contributed by atoms with Crippen molar-refractivity contribution < 1.29 is 27.5 Å². The largest absolute Gasteiger partial charge is 0.427 e. The highest BCUT2D eigenvalue weighted by Gasteiger charge is 2.49. The second kappa shape index (κ2) is 11.1. The molecule has 3 aromatic rings. The maximum atomic E-state index is 14.1. The second-order valence-corrected chi connectivity index (χ2v) is 13.6. The number of rotatable bonds is 8. The zero-order valence-electron chi connectivity index (χ0n) is 23.3. The van der Waals surface area contributed by atoms with Crippen LogP contribution in [-0.4, -0.2) is 26.4 Å². The van der Waals surface area contributed by atoms with E-state index in [1.54, 1.807) is 36.4 Å². The normalized spacial score (nSPS) is 24.8. The quantitative estimate of drug-likeness (QED) is 0.207. The highest BCUT2D eigenvalue weighted by atomic mass is 32.2. The lowest BCUT2D eigenvalue weighted by atomic mass is 9.54. The molecule has 214 valence electrons. The first kappa shape index (κ1) is 27.7. The Bertz CT molecular complexity index is 1460. The number of esters is 2. The molecule has 7 rings (SSSR count). The average Bonchev–Trinajstić information content (AvgIpc) is 2.92. The molecule has 0 aliphatic heterocycles. The maximum Gasteiger partial charge on any atom is 0.308 e. The molecular weight excluding hydrogens is 538 g/mol. The minimum Gasteiger partial charge on any atom is -0.427 e. The van der Waals surface area contributed by atoms with Crippen molar-refractivity contribution in [2.45, 2.75) is 62.8 Å². The lowest BCUT2D eigenvalue weighted by molar-refractivity contribution is -0.132. The van der Waals surface area contributed by atoms with Gasteiger partial charge in [-0.2, -0.15) is 0 Å². The van der Waals surface area contributed by atoms with Gasteiger partial charge < -0.3 is 9.47 Å². The SMILES string of the molecule is CC(=O)Oc1ccc(C(c2ccc(OC(C)=O)cc2)c2ccccc2S(=O)(=O)NC2C3CC4CC(C3)CC2C4)cc1. The maximum absolute atomic E-state index is 14.1. The summed E-state index contributed by atoms with van der Waals surface area (Å²) in [6, 6.07) is 21.3. The van der Waals surface area contributed by atoms with Gasteiger partial charge in [0.05, 0.1) is 4.90 Å². The summed E-state index contributed by atoms with van der Waals surface area (Å²) in [5, 5.41) is 0. The first-order valence-electron chi connectivity index (χ1n) is 14.3. The van der Waals surface area contributed by atoms with Crippen LogP contribution in [-0.2, 0) is 19.6 Å². The highest BCUT2D eigenvalue weighted by Crippen LogP contribution is 2.54. The molecule has 0 heterocycles. The molecule has 41 heavy (non-hydrogen) atoms. The molecule has 0 unspecified atom stereocenters.